The number of carbonyl (C=O) groups excluding carboxylic acids is 1. The van der Waals surface area contributed by atoms with Gasteiger partial charge in [-0.05, 0) is 24.4 Å². The highest BCUT2D eigenvalue weighted by Gasteiger charge is 2.20. The first-order valence-electron chi connectivity index (χ1n) is 6.55. The summed E-state index contributed by atoms with van der Waals surface area (Å²) in [5.74, 6) is 2.49. The van der Waals surface area contributed by atoms with Gasteiger partial charge in [-0.1, -0.05) is 26.8 Å². The zero-order valence-electron chi connectivity index (χ0n) is 12.1. The molecule has 0 aromatic rings. The van der Waals surface area contributed by atoms with E-state index in [0.29, 0.717) is 11.6 Å². The van der Waals surface area contributed by atoms with Gasteiger partial charge < -0.3 is 10.6 Å². The van der Waals surface area contributed by atoms with E-state index in [9.17, 15) is 9.70 Å². The Hall–Kier alpha value is -0.880. The maximum Gasteiger partial charge on any atom is 0.239 e. The largest absolute Gasteiger partial charge is 0.331 e. The normalized spacial score (nSPS) is 17.2. The minimum atomic E-state index is -0.335. The van der Waals surface area contributed by atoms with E-state index in [2.05, 4.69) is 25.6 Å². The molecular weight excluding hydrogens is 262 g/mol. The molecule has 1 fully saturated rings. The molecule has 0 spiro atoms. The molecule has 2 unspecified atom stereocenters. The fraction of sp³-hybridized carbons (Fsp3) is 0.769. The first kappa shape index (κ1) is 18.1. The third-order valence-corrected chi connectivity index (χ3v) is 3.83. The lowest BCUT2D eigenvalue weighted by molar-refractivity contribution is -0.130. The molecule has 5 nitrogen and oxygen atoms in total. The van der Waals surface area contributed by atoms with Gasteiger partial charge in [-0.15, -0.1) is 16.7 Å². The molecule has 2 N–H and O–H groups in total. The summed E-state index contributed by atoms with van der Waals surface area (Å²) in [5, 5.41) is 2.73. The molecule has 1 aliphatic rings. The van der Waals surface area contributed by atoms with Gasteiger partial charge in [0.15, 0.2) is 0 Å². The predicted octanol–water partition coefficient (Wildman–Crippen LogP) is 2.57. The molecule has 0 bridgehead atoms. The molecule has 1 aliphatic heterocycles. The van der Waals surface area contributed by atoms with Gasteiger partial charge in [-0.25, -0.2) is 0 Å². The molecule has 1 saturated heterocycles. The van der Waals surface area contributed by atoms with Crippen molar-refractivity contribution < 1.29 is 4.79 Å². The fourth-order valence-corrected chi connectivity index (χ4v) is 2.41. The Morgan fingerprint density at radius 3 is 2.53 bits per heavy atom. The van der Waals surface area contributed by atoms with Crippen LogP contribution in [0.2, 0.25) is 0 Å². The highest BCUT2D eigenvalue weighted by atomic mass is 32.2. The van der Waals surface area contributed by atoms with E-state index >= 15 is 0 Å². The summed E-state index contributed by atoms with van der Waals surface area (Å²) in [6.07, 6.45) is 1.81. The van der Waals surface area contributed by atoms with Gasteiger partial charge >= 0.3 is 0 Å². The summed E-state index contributed by atoms with van der Waals surface area (Å²) in [6, 6.07) is -0.335. The Morgan fingerprint density at radius 2 is 2.16 bits per heavy atom. The van der Waals surface area contributed by atoms with Gasteiger partial charge in [0.2, 0.25) is 5.91 Å². The van der Waals surface area contributed by atoms with Crippen LogP contribution in [-0.4, -0.2) is 35.0 Å². The number of nitrogens with two attached hydrogens (primary N) is 1. The van der Waals surface area contributed by atoms with E-state index in [0.717, 1.165) is 31.0 Å². The van der Waals surface area contributed by atoms with Crippen LogP contribution in [-0.2, 0) is 4.79 Å². The molecule has 110 valence electrons. The lowest BCUT2D eigenvalue weighted by Crippen LogP contribution is -2.40. The summed E-state index contributed by atoms with van der Waals surface area (Å²) < 4.78 is 0. The van der Waals surface area contributed by atoms with E-state index in [-0.39, 0.29) is 11.9 Å². The van der Waals surface area contributed by atoms with Gasteiger partial charge in [0.05, 0.1) is 17.6 Å². The maximum atomic E-state index is 11.1. The Bertz CT molecular complexity index is 302. The van der Waals surface area contributed by atoms with Gasteiger partial charge in [0, 0.05) is 12.3 Å². The van der Waals surface area contributed by atoms with Crippen molar-refractivity contribution in [3.05, 3.63) is 17.2 Å². The first-order chi connectivity index (χ1) is 8.92. The minimum absolute atomic E-state index is 0.0741. The Balaban J connectivity index is 0.000000344. The van der Waals surface area contributed by atoms with Crippen LogP contribution in [0.15, 0.2) is 17.5 Å². The summed E-state index contributed by atoms with van der Waals surface area (Å²) >= 11 is 1.78. The van der Waals surface area contributed by atoms with Crippen molar-refractivity contribution >= 4 is 17.7 Å². The SMILES string of the molecule is C=C(CC(C)CC)N=O.CC(N)C(=O)N1CCSC1. The van der Waals surface area contributed by atoms with Crippen molar-refractivity contribution in [3.8, 4) is 0 Å². The molecule has 0 radical (unpaired) electrons. The van der Waals surface area contributed by atoms with Gasteiger partial charge in [-0.2, -0.15) is 0 Å². The molecule has 2 atom stereocenters. The quantitative estimate of drug-likeness (QED) is 0.788. The van der Waals surface area contributed by atoms with Crippen molar-refractivity contribution in [3.63, 3.8) is 0 Å². The zero-order valence-corrected chi connectivity index (χ0v) is 12.9. The molecule has 1 heterocycles. The standard InChI is InChI=1S/C7H13NO.C6H12N2OS/c1-4-6(2)5-7(3)8-9;1-5(7)6(9)8-2-3-10-4-8/h6H,3-5H2,1-2H3;5H,2-4,7H2,1H3. The van der Waals surface area contributed by atoms with Crippen molar-refractivity contribution in [1.82, 2.24) is 4.90 Å². The summed E-state index contributed by atoms with van der Waals surface area (Å²) in [6.45, 7) is 10.2. The summed E-state index contributed by atoms with van der Waals surface area (Å²) in [5.41, 5.74) is 5.88. The van der Waals surface area contributed by atoms with Crippen molar-refractivity contribution in [2.75, 3.05) is 18.2 Å². The lowest BCUT2D eigenvalue weighted by Gasteiger charge is -2.16. The second-order valence-electron chi connectivity index (χ2n) is 4.80. The predicted molar refractivity (Wildman–Crippen MR) is 81.7 cm³/mol. The summed E-state index contributed by atoms with van der Waals surface area (Å²) in [4.78, 5) is 22.7. The van der Waals surface area contributed by atoms with Crippen LogP contribution >= 0.6 is 11.8 Å². The zero-order chi connectivity index (χ0) is 14.8. The smallest absolute Gasteiger partial charge is 0.239 e. The van der Waals surface area contributed by atoms with Crippen LogP contribution in [0, 0.1) is 10.8 Å². The Kier molecular flexibility index (Phi) is 9.51. The number of rotatable bonds is 5. The lowest BCUT2D eigenvalue weighted by atomic mass is 10.0. The summed E-state index contributed by atoms with van der Waals surface area (Å²) in [7, 11) is 0. The van der Waals surface area contributed by atoms with E-state index < -0.39 is 0 Å². The van der Waals surface area contributed by atoms with Crippen molar-refractivity contribution in [2.24, 2.45) is 16.8 Å². The van der Waals surface area contributed by atoms with Crippen LogP contribution in [0.4, 0.5) is 0 Å². The molecule has 0 aromatic carbocycles. The van der Waals surface area contributed by atoms with Crippen LogP contribution < -0.4 is 5.73 Å². The van der Waals surface area contributed by atoms with Gasteiger partial charge in [0.1, 0.15) is 0 Å². The van der Waals surface area contributed by atoms with Crippen LogP contribution in [0.1, 0.15) is 33.6 Å². The average molecular weight is 287 g/mol. The number of hydrogen-bond acceptors (Lipinski definition) is 5. The number of nitrogens with zero attached hydrogens (tertiary/aromatic N) is 2. The third-order valence-electron chi connectivity index (χ3n) is 2.86. The number of carbonyl (C=O) groups is 1. The van der Waals surface area contributed by atoms with Crippen molar-refractivity contribution in [1.29, 1.82) is 0 Å². The highest BCUT2D eigenvalue weighted by Crippen LogP contribution is 2.13. The van der Waals surface area contributed by atoms with Crippen LogP contribution in [0.5, 0.6) is 0 Å². The second-order valence-corrected chi connectivity index (χ2v) is 5.88. The molecule has 6 heteroatoms. The molecule has 1 amide bonds. The fourth-order valence-electron chi connectivity index (χ4n) is 1.46. The average Bonchev–Trinajstić information content (AvgIpc) is 2.91. The minimum Gasteiger partial charge on any atom is -0.331 e. The van der Waals surface area contributed by atoms with E-state index in [1.807, 2.05) is 0 Å². The molecule has 19 heavy (non-hydrogen) atoms. The Morgan fingerprint density at radius 1 is 1.53 bits per heavy atom. The third kappa shape index (κ3) is 8.00. The molecule has 1 rings (SSSR count). The number of hydrogen-bond donors (Lipinski definition) is 1. The van der Waals surface area contributed by atoms with Crippen LogP contribution in [0.25, 0.3) is 0 Å². The number of thioether (sulfide) groups is 1. The molecule has 0 saturated carbocycles. The highest BCUT2D eigenvalue weighted by molar-refractivity contribution is 7.99. The topological polar surface area (TPSA) is 75.8 Å². The number of allylic oxidation sites excluding steroid dienone is 1. The second kappa shape index (κ2) is 9.97. The van der Waals surface area contributed by atoms with Crippen LogP contribution in [0.3, 0.4) is 0 Å². The van der Waals surface area contributed by atoms with Gasteiger partial charge in [-0.3, -0.25) is 4.79 Å². The Labute approximate surface area is 120 Å². The number of amides is 1. The molecule has 0 aliphatic carbocycles. The van der Waals surface area contributed by atoms with E-state index in [1.54, 1.807) is 23.6 Å². The van der Waals surface area contributed by atoms with Crippen molar-refractivity contribution in [2.45, 2.75) is 39.7 Å². The van der Waals surface area contributed by atoms with E-state index in [4.69, 9.17) is 5.73 Å². The number of nitroso groups, excluding NO2 is 1. The first-order valence-corrected chi connectivity index (χ1v) is 7.71. The molecule has 0 aromatic heterocycles. The van der Waals surface area contributed by atoms with Gasteiger partial charge in [0.25, 0.3) is 0 Å². The molecular formula is C13H25N3O2S. The monoisotopic (exact) mass is 287 g/mol. The maximum absolute atomic E-state index is 11.1. The van der Waals surface area contributed by atoms with E-state index in [1.165, 1.54) is 0 Å².